The zero-order valence-corrected chi connectivity index (χ0v) is 18.5. The van der Waals surface area contributed by atoms with E-state index in [2.05, 4.69) is 25.9 Å². The van der Waals surface area contributed by atoms with Crippen molar-refractivity contribution in [3.05, 3.63) is 77.1 Å². The Morgan fingerprint density at radius 2 is 1.82 bits per heavy atom. The van der Waals surface area contributed by atoms with E-state index in [1.165, 1.54) is 13.1 Å². The van der Waals surface area contributed by atoms with Crippen LogP contribution in [0.2, 0.25) is 0 Å². The molecule has 1 aromatic carbocycles. The van der Waals surface area contributed by atoms with Crippen molar-refractivity contribution in [3.63, 3.8) is 0 Å². The van der Waals surface area contributed by atoms with Crippen LogP contribution in [-0.4, -0.2) is 39.2 Å². The molecule has 0 fully saturated rings. The van der Waals surface area contributed by atoms with Gasteiger partial charge in [0, 0.05) is 12.1 Å². The number of aromatic nitrogens is 2. The molecular weight excluding hydrogens is 446 g/mol. The molecule has 2 atom stereocenters. The zero-order valence-electron chi connectivity index (χ0n) is 18.5. The average molecular weight is 470 g/mol. The van der Waals surface area contributed by atoms with Crippen molar-refractivity contribution in [2.24, 2.45) is 5.73 Å². The van der Waals surface area contributed by atoms with E-state index in [9.17, 15) is 18.4 Å². The maximum absolute atomic E-state index is 14.9. The molecule has 0 bridgehead atoms. The van der Waals surface area contributed by atoms with Crippen LogP contribution in [0.15, 0.2) is 48.7 Å². The number of carbonyl (C=O) groups is 2. The average Bonchev–Trinajstić information content (AvgIpc) is 2.77. The number of nitrogens with two attached hydrogens (primary N) is 1. The predicted molar refractivity (Wildman–Crippen MR) is 123 cm³/mol. The van der Waals surface area contributed by atoms with E-state index in [4.69, 9.17) is 10.8 Å². The highest BCUT2D eigenvalue weighted by Crippen LogP contribution is 2.25. The van der Waals surface area contributed by atoms with E-state index in [1.807, 2.05) is 30.3 Å². The Kier molecular flexibility index (Phi) is 7.57. The summed E-state index contributed by atoms with van der Waals surface area (Å²) in [6, 6.07) is 10.0. The van der Waals surface area contributed by atoms with Crippen molar-refractivity contribution < 1.29 is 23.5 Å². The monoisotopic (exact) mass is 470 g/mol. The van der Waals surface area contributed by atoms with Crippen LogP contribution in [0.3, 0.4) is 0 Å². The highest BCUT2D eigenvalue weighted by atomic mass is 19.1. The quantitative estimate of drug-likeness (QED) is 0.322. The second-order valence-electron chi connectivity index (χ2n) is 7.67. The predicted octanol–water partition coefficient (Wildman–Crippen LogP) is 3.59. The number of primary amides is 1. The summed E-state index contributed by atoms with van der Waals surface area (Å²) in [6.45, 7) is 3.12. The van der Waals surface area contributed by atoms with Gasteiger partial charge in [0.05, 0.1) is 29.2 Å². The van der Waals surface area contributed by atoms with E-state index in [-0.39, 0.29) is 28.6 Å². The first-order chi connectivity index (χ1) is 16.1. The minimum absolute atomic E-state index is 0.112. The van der Waals surface area contributed by atoms with Crippen LogP contribution in [0.4, 0.5) is 30.9 Å². The van der Waals surface area contributed by atoms with Crippen molar-refractivity contribution in [3.8, 4) is 0 Å². The van der Waals surface area contributed by atoms with Crippen LogP contribution in [0.5, 0.6) is 0 Å². The number of amides is 2. The summed E-state index contributed by atoms with van der Waals surface area (Å²) >= 11 is 0. The number of anilines is 3. The van der Waals surface area contributed by atoms with Crippen LogP contribution >= 0.6 is 0 Å². The van der Waals surface area contributed by atoms with Crippen LogP contribution < -0.4 is 21.7 Å². The van der Waals surface area contributed by atoms with E-state index in [1.54, 1.807) is 6.92 Å². The van der Waals surface area contributed by atoms with Gasteiger partial charge in [-0.15, -0.1) is 0 Å². The molecular formula is C23H24F2N6O3. The third kappa shape index (κ3) is 6.15. The lowest BCUT2D eigenvalue weighted by Crippen LogP contribution is -2.45. The maximum Gasteiger partial charge on any atom is 0.404 e. The summed E-state index contributed by atoms with van der Waals surface area (Å²) in [5.41, 5.74) is 6.37. The van der Waals surface area contributed by atoms with Crippen LogP contribution in [0, 0.1) is 18.6 Å². The molecule has 0 aliphatic rings. The van der Waals surface area contributed by atoms with E-state index >= 15 is 0 Å². The van der Waals surface area contributed by atoms with Gasteiger partial charge < -0.3 is 26.8 Å². The molecule has 11 heteroatoms. The molecule has 0 aliphatic carbocycles. The van der Waals surface area contributed by atoms with Gasteiger partial charge in [-0.2, -0.15) is 0 Å². The highest BCUT2D eigenvalue weighted by molar-refractivity contribution is 5.98. The summed E-state index contributed by atoms with van der Waals surface area (Å²) in [5, 5.41) is 17.2. The summed E-state index contributed by atoms with van der Waals surface area (Å²) in [7, 11) is 0. The summed E-state index contributed by atoms with van der Waals surface area (Å²) < 4.78 is 28.8. The summed E-state index contributed by atoms with van der Waals surface area (Å²) in [4.78, 5) is 31.1. The summed E-state index contributed by atoms with van der Waals surface area (Å²) in [6.07, 6.45) is 0.441. The Morgan fingerprint density at radius 3 is 2.44 bits per heavy atom. The molecule has 178 valence electrons. The molecule has 0 saturated carbocycles. The third-order valence-corrected chi connectivity index (χ3v) is 5.10. The lowest BCUT2D eigenvalue weighted by atomic mass is 10.0. The van der Waals surface area contributed by atoms with E-state index in [0.29, 0.717) is 6.42 Å². The fourth-order valence-corrected chi connectivity index (χ4v) is 3.28. The Bertz CT molecular complexity index is 1190. The SMILES string of the molecule is Cc1ncc(Nc2nc(N[C@H](Cc3ccccc3)[C@H](C)NC(=O)O)c(F)cc2C(N)=O)cc1F. The second kappa shape index (κ2) is 10.6. The molecule has 34 heavy (non-hydrogen) atoms. The zero-order chi connectivity index (χ0) is 24.8. The maximum atomic E-state index is 14.9. The number of halogens is 2. The lowest BCUT2D eigenvalue weighted by molar-refractivity contribution is 0.100. The van der Waals surface area contributed by atoms with Crippen LogP contribution in [0.1, 0.15) is 28.5 Å². The Balaban J connectivity index is 1.96. The largest absolute Gasteiger partial charge is 0.465 e. The molecule has 3 aromatic rings. The fraction of sp³-hybridized carbons (Fsp3) is 0.217. The second-order valence-corrected chi connectivity index (χ2v) is 7.67. The van der Waals surface area contributed by atoms with Gasteiger partial charge in [-0.25, -0.2) is 18.6 Å². The smallest absolute Gasteiger partial charge is 0.404 e. The Morgan fingerprint density at radius 1 is 1.12 bits per heavy atom. The number of pyridine rings is 2. The molecule has 0 unspecified atom stereocenters. The number of benzene rings is 1. The first-order valence-corrected chi connectivity index (χ1v) is 10.3. The van der Waals surface area contributed by atoms with Crippen LogP contribution in [-0.2, 0) is 6.42 Å². The van der Waals surface area contributed by atoms with Gasteiger partial charge in [0.2, 0.25) is 0 Å². The number of rotatable bonds is 9. The van der Waals surface area contributed by atoms with Gasteiger partial charge in [-0.05, 0) is 31.9 Å². The topological polar surface area (TPSA) is 142 Å². The van der Waals surface area contributed by atoms with Gasteiger partial charge in [0.25, 0.3) is 5.91 Å². The third-order valence-electron chi connectivity index (χ3n) is 5.10. The number of nitrogens with one attached hydrogen (secondary N) is 3. The number of nitrogens with zero attached hydrogens (tertiary/aromatic N) is 2. The van der Waals surface area contributed by atoms with Gasteiger partial charge >= 0.3 is 6.09 Å². The molecule has 9 nitrogen and oxygen atoms in total. The number of aryl methyl sites for hydroxylation is 1. The Labute approximate surface area is 194 Å². The molecule has 2 amide bonds. The molecule has 0 aliphatic heterocycles. The Hall–Kier alpha value is -4.28. The van der Waals surface area contributed by atoms with Crippen molar-refractivity contribution >= 4 is 29.3 Å². The minimum Gasteiger partial charge on any atom is -0.465 e. The minimum atomic E-state index is -1.24. The molecule has 2 heterocycles. The number of carboxylic acid groups (broad SMARTS) is 1. The van der Waals surface area contributed by atoms with Crippen molar-refractivity contribution in [1.29, 1.82) is 0 Å². The van der Waals surface area contributed by atoms with Crippen molar-refractivity contribution in [2.45, 2.75) is 32.4 Å². The summed E-state index contributed by atoms with van der Waals surface area (Å²) in [5.74, 6) is -2.75. The first kappa shape index (κ1) is 24.4. The van der Waals surface area contributed by atoms with Gasteiger partial charge in [0.1, 0.15) is 11.6 Å². The van der Waals surface area contributed by atoms with E-state index < -0.39 is 35.7 Å². The number of hydrogen-bond donors (Lipinski definition) is 5. The lowest BCUT2D eigenvalue weighted by Gasteiger charge is -2.26. The van der Waals surface area contributed by atoms with E-state index in [0.717, 1.165) is 17.7 Å². The van der Waals surface area contributed by atoms with Crippen molar-refractivity contribution in [2.75, 3.05) is 10.6 Å². The molecule has 0 spiro atoms. The molecule has 6 N–H and O–H groups in total. The molecule has 0 saturated heterocycles. The van der Waals surface area contributed by atoms with Crippen LogP contribution in [0.25, 0.3) is 0 Å². The molecule has 2 aromatic heterocycles. The molecule has 0 radical (unpaired) electrons. The van der Waals surface area contributed by atoms with Crippen molar-refractivity contribution in [1.82, 2.24) is 15.3 Å². The first-order valence-electron chi connectivity index (χ1n) is 10.3. The van der Waals surface area contributed by atoms with Gasteiger partial charge in [-0.3, -0.25) is 9.78 Å². The normalized spacial score (nSPS) is 12.5. The molecule has 3 rings (SSSR count). The van der Waals surface area contributed by atoms with Gasteiger partial charge in [0.15, 0.2) is 11.6 Å². The number of carbonyl (C=O) groups excluding carboxylic acids is 1. The number of hydrogen-bond acceptors (Lipinski definition) is 6. The highest BCUT2D eigenvalue weighted by Gasteiger charge is 2.23. The van der Waals surface area contributed by atoms with Gasteiger partial charge in [-0.1, -0.05) is 30.3 Å². The standard InChI is InChI=1S/C23H24F2N6O3/c1-12-17(24)9-15(11-27-12)29-21-16(20(26)32)10-18(25)22(31-21)30-19(13(2)28-23(33)34)8-14-6-4-3-5-7-14/h3-7,9-11,13,19,28H,8H2,1-2H3,(H2,26,32)(H,33,34)(H2,29,30,31)/t13-,19+/m0/s1. The fourth-order valence-electron chi connectivity index (χ4n) is 3.28.